The number of hydrogen-bond donors (Lipinski definition) is 2. The van der Waals surface area contributed by atoms with Gasteiger partial charge in [-0.3, -0.25) is 9.59 Å². The van der Waals surface area contributed by atoms with Crippen LogP contribution in [0.3, 0.4) is 0 Å². The second kappa shape index (κ2) is 7.98. The molecule has 0 unspecified atom stereocenters. The van der Waals surface area contributed by atoms with Gasteiger partial charge < -0.3 is 15.4 Å². The largest absolute Gasteiger partial charge is 0.484 e. The van der Waals surface area contributed by atoms with Crippen molar-refractivity contribution < 1.29 is 14.3 Å². The molecule has 0 aliphatic heterocycles. The van der Waals surface area contributed by atoms with Gasteiger partial charge in [-0.2, -0.15) is 0 Å². The molecule has 2 aromatic carbocycles. The molecule has 5 heteroatoms. The molecule has 0 saturated carbocycles. The number of benzene rings is 2. The maximum atomic E-state index is 11.9. The molecule has 0 fully saturated rings. The van der Waals surface area contributed by atoms with Crippen LogP contribution in [0.2, 0.25) is 0 Å². The van der Waals surface area contributed by atoms with Crippen molar-refractivity contribution in [2.75, 3.05) is 11.9 Å². The van der Waals surface area contributed by atoms with Gasteiger partial charge in [-0.25, -0.2) is 0 Å². The highest BCUT2D eigenvalue weighted by atomic mass is 16.5. The molecule has 0 atom stereocenters. The molecule has 120 valence electrons. The van der Waals surface area contributed by atoms with Crippen molar-refractivity contribution >= 4 is 17.5 Å². The lowest BCUT2D eigenvalue weighted by Crippen LogP contribution is -2.28. The lowest BCUT2D eigenvalue weighted by atomic mass is 10.2. The second-order valence-electron chi connectivity index (χ2n) is 5.21. The average Bonchev–Trinajstić information content (AvgIpc) is 2.52. The van der Waals surface area contributed by atoms with Gasteiger partial charge in [-0.15, -0.1) is 0 Å². The van der Waals surface area contributed by atoms with Crippen LogP contribution in [0.1, 0.15) is 18.1 Å². The fraction of sp³-hybridized carbons (Fsp3) is 0.222. The lowest BCUT2D eigenvalue weighted by Gasteiger charge is -2.10. The molecule has 2 rings (SSSR count). The van der Waals surface area contributed by atoms with E-state index in [4.69, 9.17) is 4.74 Å². The molecule has 0 aliphatic carbocycles. The second-order valence-corrected chi connectivity index (χ2v) is 5.21. The van der Waals surface area contributed by atoms with Gasteiger partial charge in [0, 0.05) is 19.2 Å². The van der Waals surface area contributed by atoms with E-state index in [0.717, 1.165) is 11.1 Å². The number of hydrogen-bond acceptors (Lipinski definition) is 3. The molecule has 2 amide bonds. The van der Waals surface area contributed by atoms with Crippen molar-refractivity contribution in [3.8, 4) is 5.75 Å². The number of ether oxygens (including phenoxy) is 1. The van der Waals surface area contributed by atoms with Crippen LogP contribution in [0.4, 0.5) is 5.69 Å². The average molecular weight is 312 g/mol. The zero-order chi connectivity index (χ0) is 16.7. The minimum Gasteiger partial charge on any atom is -0.484 e. The third-order valence-corrected chi connectivity index (χ3v) is 3.19. The van der Waals surface area contributed by atoms with Crippen LogP contribution in [0.25, 0.3) is 0 Å². The molecule has 0 spiro atoms. The smallest absolute Gasteiger partial charge is 0.258 e. The summed E-state index contributed by atoms with van der Waals surface area (Å²) in [5, 5.41) is 5.50. The highest BCUT2D eigenvalue weighted by molar-refractivity contribution is 5.88. The van der Waals surface area contributed by atoms with Crippen molar-refractivity contribution in [3.05, 3.63) is 59.7 Å². The first-order chi connectivity index (χ1) is 11.0. The van der Waals surface area contributed by atoms with Crippen LogP contribution in [-0.4, -0.2) is 18.4 Å². The van der Waals surface area contributed by atoms with E-state index in [1.165, 1.54) is 6.92 Å². The van der Waals surface area contributed by atoms with Crippen molar-refractivity contribution in [1.82, 2.24) is 5.32 Å². The number of carbonyl (C=O) groups is 2. The van der Waals surface area contributed by atoms with Gasteiger partial charge in [0.15, 0.2) is 6.61 Å². The van der Waals surface area contributed by atoms with Gasteiger partial charge >= 0.3 is 0 Å². The molecule has 0 aliphatic rings. The van der Waals surface area contributed by atoms with Crippen LogP contribution in [-0.2, 0) is 16.1 Å². The predicted molar refractivity (Wildman–Crippen MR) is 89.3 cm³/mol. The highest BCUT2D eigenvalue weighted by Gasteiger charge is 2.05. The van der Waals surface area contributed by atoms with E-state index in [0.29, 0.717) is 18.0 Å². The Labute approximate surface area is 135 Å². The summed E-state index contributed by atoms with van der Waals surface area (Å²) in [6.07, 6.45) is 0. The Morgan fingerprint density at radius 2 is 1.87 bits per heavy atom. The van der Waals surface area contributed by atoms with E-state index in [1.54, 1.807) is 6.07 Å². The van der Waals surface area contributed by atoms with Crippen LogP contribution in [0, 0.1) is 6.92 Å². The standard InChI is InChI=1S/C18H20N2O3/c1-13-6-3-4-9-17(13)23-12-18(22)19-11-15-7-5-8-16(10-15)20-14(2)21/h3-10H,11-12H2,1-2H3,(H,19,22)(H,20,21). The van der Waals surface area contributed by atoms with Gasteiger partial charge in [0.1, 0.15) is 5.75 Å². The number of rotatable bonds is 6. The summed E-state index contributed by atoms with van der Waals surface area (Å²) in [5.74, 6) is 0.381. The molecule has 0 saturated heterocycles. The monoisotopic (exact) mass is 312 g/mol. The summed E-state index contributed by atoms with van der Waals surface area (Å²) < 4.78 is 5.49. The molecular formula is C18H20N2O3. The molecule has 0 heterocycles. The first-order valence-corrected chi connectivity index (χ1v) is 7.36. The highest BCUT2D eigenvalue weighted by Crippen LogP contribution is 2.15. The first kappa shape index (κ1) is 16.5. The summed E-state index contributed by atoms with van der Waals surface area (Å²) in [5.41, 5.74) is 2.60. The van der Waals surface area contributed by atoms with E-state index < -0.39 is 0 Å². The van der Waals surface area contributed by atoms with Crippen LogP contribution < -0.4 is 15.4 Å². The molecular weight excluding hydrogens is 292 g/mol. The fourth-order valence-corrected chi connectivity index (χ4v) is 2.08. The summed E-state index contributed by atoms with van der Waals surface area (Å²) in [6.45, 7) is 3.73. The van der Waals surface area contributed by atoms with Crippen LogP contribution in [0.5, 0.6) is 5.75 Å². The predicted octanol–water partition coefficient (Wildman–Crippen LogP) is 2.65. The van der Waals surface area contributed by atoms with Crippen molar-refractivity contribution in [1.29, 1.82) is 0 Å². The molecule has 0 radical (unpaired) electrons. The Kier molecular flexibility index (Phi) is 5.74. The number of aryl methyl sites for hydroxylation is 1. The minimum absolute atomic E-state index is 0.0315. The van der Waals surface area contributed by atoms with E-state index in [2.05, 4.69) is 10.6 Å². The molecule has 0 bridgehead atoms. The fourth-order valence-electron chi connectivity index (χ4n) is 2.08. The molecule has 2 N–H and O–H groups in total. The van der Waals surface area contributed by atoms with E-state index in [1.807, 2.05) is 49.4 Å². The summed E-state index contributed by atoms with van der Waals surface area (Å²) in [4.78, 5) is 22.9. The van der Waals surface area contributed by atoms with Crippen molar-refractivity contribution in [2.45, 2.75) is 20.4 Å². The number of carbonyl (C=O) groups excluding carboxylic acids is 2. The zero-order valence-electron chi connectivity index (χ0n) is 13.3. The molecule has 0 aromatic heterocycles. The first-order valence-electron chi connectivity index (χ1n) is 7.36. The molecule has 2 aromatic rings. The Morgan fingerprint density at radius 1 is 1.09 bits per heavy atom. The zero-order valence-corrected chi connectivity index (χ0v) is 13.3. The maximum Gasteiger partial charge on any atom is 0.258 e. The van der Waals surface area contributed by atoms with Gasteiger partial charge in [0.2, 0.25) is 5.91 Å². The van der Waals surface area contributed by atoms with E-state index in [-0.39, 0.29) is 18.4 Å². The number of nitrogens with one attached hydrogen (secondary N) is 2. The SMILES string of the molecule is CC(=O)Nc1cccc(CNC(=O)COc2ccccc2C)c1. The summed E-state index contributed by atoms with van der Waals surface area (Å²) in [7, 11) is 0. The van der Waals surface area contributed by atoms with Gasteiger partial charge in [-0.1, -0.05) is 30.3 Å². The van der Waals surface area contributed by atoms with E-state index in [9.17, 15) is 9.59 Å². The molecule has 23 heavy (non-hydrogen) atoms. The Morgan fingerprint density at radius 3 is 2.61 bits per heavy atom. The van der Waals surface area contributed by atoms with Crippen LogP contribution >= 0.6 is 0 Å². The Balaban J connectivity index is 1.82. The Hall–Kier alpha value is -2.82. The summed E-state index contributed by atoms with van der Waals surface area (Å²) >= 11 is 0. The third kappa shape index (κ3) is 5.47. The van der Waals surface area contributed by atoms with Crippen LogP contribution in [0.15, 0.2) is 48.5 Å². The van der Waals surface area contributed by atoms with Gasteiger partial charge in [-0.05, 0) is 36.2 Å². The van der Waals surface area contributed by atoms with Gasteiger partial charge in [0.05, 0.1) is 0 Å². The number of para-hydroxylation sites is 1. The van der Waals surface area contributed by atoms with E-state index >= 15 is 0 Å². The lowest BCUT2D eigenvalue weighted by molar-refractivity contribution is -0.123. The maximum absolute atomic E-state index is 11.9. The topological polar surface area (TPSA) is 67.4 Å². The van der Waals surface area contributed by atoms with Crippen molar-refractivity contribution in [2.24, 2.45) is 0 Å². The van der Waals surface area contributed by atoms with Crippen molar-refractivity contribution in [3.63, 3.8) is 0 Å². The summed E-state index contributed by atoms with van der Waals surface area (Å²) in [6, 6.07) is 14.9. The number of anilines is 1. The third-order valence-electron chi connectivity index (χ3n) is 3.19. The van der Waals surface area contributed by atoms with Gasteiger partial charge in [0.25, 0.3) is 5.91 Å². The minimum atomic E-state index is -0.196. The number of amides is 2. The molecule has 5 nitrogen and oxygen atoms in total. The quantitative estimate of drug-likeness (QED) is 0.861. The Bertz CT molecular complexity index is 698. The normalized spacial score (nSPS) is 10.0.